The Bertz CT molecular complexity index is 1040. The summed E-state index contributed by atoms with van der Waals surface area (Å²) in [6.45, 7) is 5.84. The molecule has 0 aromatic carbocycles. The van der Waals surface area contributed by atoms with Gasteiger partial charge in [-0.15, -0.1) is 0 Å². The van der Waals surface area contributed by atoms with Crippen LogP contribution in [0.25, 0.3) is 0 Å². The number of aliphatic hydroxyl groups is 2. The van der Waals surface area contributed by atoms with Crippen LogP contribution in [0, 0.1) is 28.6 Å². The van der Waals surface area contributed by atoms with Crippen molar-refractivity contribution in [2.75, 3.05) is 6.61 Å². The van der Waals surface area contributed by atoms with Gasteiger partial charge in [-0.2, -0.15) is 0 Å². The lowest BCUT2D eigenvalue weighted by molar-refractivity contribution is -0.202. The highest BCUT2D eigenvalue weighted by atomic mass is 24.3. The number of hydrogen-bond acceptors (Lipinski definition) is 6. The first-order chi connectivity index (χ1) is 21.6. The molecule has 0 heterocycles. The molecule has 2 N–H and O–H groups in total. The van der Waals surface area contributed by atoms with E-state index >= 15 is 0 Å². The third-order valence-electron chi connectivity index (χ3n) is 12.9. The minimum absolute atomic E-state index is 0. The Hall–Kier alpha value is -0.764. The van der Waals surface area contributed by atoms with E-state index in [1.54, 1.807) is 0 Å². The van der Waals surface area contributed by atoms with E-state index in [-0.39, 0.29) is 64.4 Å². The predicted molar refractivity (Wildman–Crippen MR) is 187 cm³/mol. The third kappa shape index (κ3) is 8.69. The Morgan fingerprint density at radius 1 is 0.848 bits per heavy atom. The van der Waals surface area contributed by atoms with Gasteiger partial charge in [-0.3, -0.25) is 14.4 Å². The van der Waals surface area contributed by atoms with E-state index in [1.807, 2.05) is 13.0 Å². The number of ether oxygens (including phenoxy) is 1. The number of fused-ring (bicyclic) bond motifs is 5. The number of carbonyl (C=O) groups is 3. The van der Waals surface area contributed by atoms with E-state index < -0.39 is 29.5 Å². The molecule has 4 aliphatic carbocycles. The maximum atomic E-state index is 13.5. The lowest BCUT2D eigenvalue weighted by Crippen LogP contribution is -2.63. The second-order valence-corrected chi connectivity index (χ2v) is 15.7. The minimum atomic E-state index is -1.38. The maximum absolute atomic E-state index is 13.5. The van der Waals surface area contributed by atoms with E-state index in [9.17, 15) is 24.6 Å². The first kappa shape index (κ1) is 39.7. The van der Waals surface area contributed by atoms with Crippen LogP contribution in [0.4, 0.5) is 0 Å². The summed E-state index contributed by atoms with van der Waals surface area (Å²) in [4.78, 5) is 38.9. The van der Waals surface area contributed by atoms with Crippen molar-refractivity contribution >= 4 is 40.6 Å². The summed E-state index contributed by atoms with van der Waals surface area (Å²) in [5.74, 6) is -0.247. The summed E-state index contributed by atoms with van der Waals surface area (Å²) in [6, 6.07) is 0. The monoisotopic (exact) mass is 654 g/mol. The van der Waals surface area contributed by atoms with Crippen LogP contribution in [0.1, 0.15) is 168 Å². The molecule has 0 radical (unpaired) electrons. The Morgan fingerprint density at radius 3 is 1.98 bits per heavy atom. The molecule has 0 aliphatic heterocycles. The second kappa shape index (κ2) is 18.3. The van der Waals surface area contributed by atoms with Crippen molar-refractivity contribution in [3.8, 4) is 0 Å². The normalized spacial score (nSPS) is 33.3. The van der Waals surface area contributed by atoms with Gasteiger partial charge in [-0.1, -0.05) is 116 Å². The number of unbranched alkanes of at least 4 members (excludes halogenated alkanes) is 14. The molecule has 7 heteroatoms. The summed E-state index contributed by atoms with van der Waals surface area (Å²) in [6.07, 6.45) is 24.9. The van der Waals surface area contributed by atoms with Crippen molar-refractivity contribution in [3.63, 3.8) is 0 Å². The lowest BCUT2D eigenvalue weighted by Gasteiger charge is -2.60. The zero-order valence-corrected chi connectivity index (χ0v) is 28.9. The second-order valence-electron chi connectivity index (χ2n) is 15.7. The van der Waals surface area contributed by atoms with E-state index in [0.717, 1.165) is 44.9 Å². The number of ketones is 2. The van der Waals surface area contributed by atoms with Gasteiger partial charge in [0.05, 0.1) is 6.10 Å². The molecular formula is C39H66MgO6. The molecule has 7 atom stereocenters. The molecular weight excluding hydrogens is 589 g/mol. The molecule has 4 aliphatic rings. The number of carbonyl (C=O) groups excluding carboxylic acids is 3. The fourth-order valence-electron chi connectivity index (χ4n) is 10.4. The van der Waals surface area contributed by atoms with Gasteiger partial charge in [-0.05, 0) is 74.2 Å². The van der Waals surface area contributed by atoms with Crippen LogP contribution in [-0.4, -0.2) is 69.1 Å². The zero-order chi connectivity index (χ0) is 32.5. The van der Waals surface area contributed by atoms with Crippen molar-refractivity contribution in [3.05, 3.63) is 11.6 Å². The summed E-state index contributed by atoms with van der Waals surface area (Å²) < 4.78 is 6.20. The largest absolute Gasteiger partial charge is 0.450 e. The van der Waals surface area contributed by atoms with E-state index in [4.69, 9.17) is 4.74 Å². The number of Topliss-reactive ketones (excluding diaryl/α,β-unsaturated/α-hetero) is 1. The van der Waals surface area contributed by atoms with Crippen molar-refractivity contribution in [1.29, 1.82) is 0 Å². The Labute approximate surface area is 295 Å². The van der Waals surface area contributed by atoms with E-state index in [1.165, 1.54) is 82.6 Å². The molecule has 0 bridgehead atoms. The molecule has 0 amide bonds. The van der Waals surface area contributed by atoms with E-state index in [0.29, 0.717) is 19.3 Å². The molecule has 0 aromatic rings. The van der Waals surface area contributed by atoms with Gasteiger partial charge in [0.15, 0.2) is 11.4 Å². The van der Waals surface area contributed by atoms with Crippen LogP contribution in [0.5, 0.6) is 0 Å². The number of hydrogen-bond donors (Lipinski definition) is 2. The Morgan fingerprint density at radius 2 is 1.41 bits per heavy atom. The highest BCUT2D eigenvalue weighted by molar-refractivity contribution is 5.92. The summed E-state index contributed by atoms with van der Waals surface area (Å²) in [7, 11) is 0. The van der Waals surface area contributed by atoms with Crippen molar-refractivity contribution < 1.29 is 29.3 Å². The molecule has 46 heavy (non-hydrogen) atoms. The minimum Gasteiger partial charge on any atom is -0.450 e. The molecule has 3 saturated carbocycles. The topological polar surface area (TPSA) is 101 Å². The summed E-state index contributed by atoms with van der Waals surface area (Å²) in [5, 5.41) is 21.8. The first-order valence-corrected chi connectivity index (χ1v) is 18.9. The molecule has 0 saturated heterocycles. The molecule has 0 spiro atoms. The van der Waals surface area contributed by atoms with Crippen LogP contribution in [-0.2, 0) is 19.1 Å². The summed E-state index contributed by atoms with van der Waals surface area (Å²) in [5.41, 5.74) is -1.15. The average molecular weight is 655 g/mol. The van der Waals surface area contributed by atoms with Gasteiger partial charge < -0.3 is 14.9 Å². The highest BCUT2D eigenvalue weighted by Gasteiger charge is 2.70. The maximum Gasteiger partial charge on any atom is 0.316 e. The fourth-order valence-corrected chi connectivity index (χ4v) is 10.4. The van der Waals surface area contributed by atoms with Crippen LogP contribution < -0.4 is 0 Å². The van der Waals surface area contributed by atoms with Crippen molar-refractivity contribution in [2.24, 2.45) is 28.6 Å². The highest BCUT2D eigenvalue weighted by Crippen LogP contribution is 2.68. The van der Waals surface area contributed by atoms with Crippen LogP contribution >= 0.6 is 0 Å². The van der Waals surface area contributed by atoms with Gasteiger partial charge in [-0.25, -0.2) is 0 Å². The summed E-state index contributed by atoms with van der Waals surface area (Å²) >= 11 is 0. The Balaban J connectivity index is 0.00000576. The number of esters is 1. The van der Waals surface area contributed by atoms with Gasteiger partial charge in [0.25, 0.3) is 0 Å². The molecule has 0 aromatic heterocycles. The van der Waals surface area contributed by atoms with Gasteiger partial charge in [0.2, 0.25) is 5.78 Å². The lowest BCUT2D eigenvalue weighted by atomic mass is 9.45. The van der Waals surface area contributed by atoms with Gasteiger partial charge in [0, 0.05) is 18.3 Å². The van der Waals surface area contributed by atoms with Crippen LogP contribution in [0.3, 0.4) is 0 Å². The van der Waals surface area contributed by atoms with Crippen molar-refractivity contribution in [2.45, 2.75) is 180 Å². The molecule has 3 fully saturated rings. The number of allylic oxidation sites excluding steroid dienone is 1. The van der Waals surface area contributed by atoms with E-state index in [2.05, 4.69) is 13.8 Å². The average Bonchev–Trinajstić information content (AvgIpc) is 3.30. The standard InChI is InChI=1S/C39H64O6.Mg.2H/c1-4-5-6-7-8-9-10-11-12-13-14-15-16-17-18-19-35(44)45-39(34(43)28-40)25-23-32-31-21-20-29-26-30(41)22-24-37(29,2)36(31)33(42)27-38(32,39)3;;;/h26,31-33,36,40,42H,4-25,27-28H2,1-3H3;;;/t31-,32-,33-,36+,37-,38-,39-;;;/m0.../s1. The third-order valence-corrected chi connectivity index (χ3v) is 12.9. The molecule has 0 unspecified atom stereocenters. The van der Waals surface area contributed by atoms with Crippen LogP contribution in [0.2, 0.25) is 0 Å². The molecule has 260 valence electrons. The molecule has 4 rings (SSSR count). The predicted octanol–water partition coefficient (Wildman–Crippen LogP) is 7.68. The fraction of sp³-hybridized carbons (Fsp3) is 0.872. The van der Waals surface area contributed by atoms with Crippen LogP contribution in [0.15, 0.2) is 11.6 Å². The Kier molecular flexibility index (Phi) is 15.8. The van der Waals surface area contributed by atoms with Gasteiger partial charge in [0.1, 0.15) is 6.61 Å². The SMILES string of the molecule is CCCCCCCCCCCCCCCCCC(=O)O[C@]1(C(=O)CO)CC[C@H]2[C@@H]3CCC4=CC(=O)CC[C@]4(C)[C@H]3[C@@H](O)C[C@@]21C.[MgH2]. The van der Waals surface area contributed by atoms with Gasteiger partial charge >= 0.3 is 29.0 Å². The zero-order valence-electron chi connectivity index (χ0n) is 28.9. The number of aliphatic hydroxyl groups excluding tert-OH is 2. The smallest absolute Gasteiger partial charge is 0.316 e. The first-order valence-electron chi connectivity index (χ1n) is 18.9. The number of rotatable bonds is 19. The molecule has 6 nitrogen and oxygen atoms in total. The quantitative estimate of drug-likeness (QED) is 0.0842. The van der Waals surface area contributed by atoms with Crippen molar-refractivity contribution in [1.82, 2.24) is 0 Å².